The first kappa shape index (κ1) is 18.2. The van der Waals surface area contributed by atoms with Gasteiger partial charge in [-0.1, -0.05) is 22.9 Å². The van der Waals surface area contributed by atoms with E-state index in [4.69, 9.17) is 9.26 Å². The Bertz CT molecular complexity index is 806. The molecular formula is C17H19N3O5. The molecule has 0 aliphatic heterocycles. The largest absolute Gasteiger partial charge is 0.452 e. The van der Waals surface area contributed by atoms with Gasteiger partial charge in [-0.2, -0.15) is 0 Å². The van der Waals surface area contributed by atoms with Gasteiger partial charge >= 0.3 is 12.0 Å². The van der Waals surface area contributed by atoms with Crippen molar-refractivity contribution in [3.05, 3.63) is 46.3 Å². The number of imide groups is 1. The van der Waals surface area contributed by atoms with Crippen LogP contribution >= 0.6 is 0 Å². The predicted molar refractivity (Wildman–Crippen MR) is 89.3 cm³/mol. The van der Waals surface area contributed by atoms with Gasteiger partial charge in [0, 0.05) is 5.69 Å². The van der Waals surface area contributed by atoms with Gasteiger partial charge in [0.1, 0.15) is 11.3 Å². The smallest absolute Gasteiger partial charge is 0.344 e. The van der Waals surface area contributed by atoms with E-state index >= 15 is 0 Å². The van der Waals surface area contributed by atoms with Crippen molar-refractivity contribution in [2.75, 3.05) is 11.9 Å². The maximum Gasteiger partial charge on any atom is 0.344 e. The molecule has 0 fully saturated rings. The summed E-state index contributed by atoms with van der Waals surface area (Å²) in [6.07, 6.45) is 0. The summed E-state index contributed by atoms with van der Waals surface area (Å²) in [7, 11) is 0. The predicted octanol–water partition coefficient (Wildman–Crippen LogP) is 2.41. The standard InChI is InChI=1S/C17H19N3O5/c1-9-5-6-13(10(2)7-9)18-17(23)19-14(21)8-24-16(22)15-11(3)20-25-12(15)4/h5-7H,8H2,1-4H3,(H2,18,19,21,23). The highest BCUT2D eigenvalue weighted by Crippen LogP contribution is 2.16. The molecule has 132 valence electrons. The SMILES string of the molecule is Cc1ccc(NC(=O)NC(=O)COC(=O)c2c(C)noc2C)c(C)c1. The number of urea groups is 1. The number of ether oxygens (including phenoxy) is 1. The van der Waals surface area contributed by atoms with Crippen LogP contribution < -0.4 is 10.6 Å². The molecule has 0 radical (unpaired) electrons. The molecule has 3 amide bonds. The topological polar surface area (TPSA) is 111 Å². The number of hydrogen-bond donors (Lipinski definition) is 2. The van der Waals surface area contributed by atoms with Gasteiger partial charge in [-0.05, 0) is 39.3 Å². The lowest BCUT2D eigenvalue weighted by atomic mass is 10.1. The van der Waals surface area contributed by atoms with E-state index in [0.717, 1.165) is 11.1 Å². The number of anilines is 1. The minimum absolute atomic E-state index is 0.174. The molecule has 8 heteroatoms. The molecule has 0 atom stereocenters. The molecular weight excluding hydrogens is 326 g/mol. The molecule has 1 aromatic carbocycles. The van der Waals surface area contributed by atoms with Crippen molar-refractivity contribution in [3.8, 4) is 0 Å². The van der Waals surface area contributed by atoms with Crippen LogP contribution in [0.3, 0.4) is 0 Å². The summed E-state index contributed by atoms with van der Waals surface area (Å²) < 4.78 is 9.73. The van der Waals surface area contributed by atoms with Crippen LogP contribution in [0.25, 0.3) is 0 Å². The van der Waals surface area contributed by atoms with E-state index < -0.39 is 24.5 Å². The van der Waals surface area contributed by atoms with Gasteiger partial charge in [-0.25, -0.2) is 9.59 Å². The van der Waals surface area contributed by atoms with Crippen molar-refractivity contribution < 1.29 is 23.6 Å². The molecule has 0 aliphatic rings. The Morgan fingerprint density at radius 1 is 1.16 bits per heavy atom. The number of benzene rings is 1. The monoisotopic (exact) mass is 345 g/mol. The van der Waals surface area contributed by atoms with Gasteiger partial charge in [-0.3, -0.25) is 10.1 Å². The Hall–Kier alpha value is -3.16. The van der Waals surface area contributed by atoms with E-state index in [0.29, 0.717) is 17.1 Å². The second-order valence-electron chi connectivity index (χ2n) is 5.60. The van der Waals surface area contributed by atoms with Gasteiger partial charge in [0.25, 0.3) is 5.91 Å². The van der Waals surface area contributed by atoms with Crippen molar-refractivity contribution in [2.45, 2.75) is 27.7 Å². The summed E-state index contributed by atoms with van der Waals surface area (Å²) in [4.78, 5) is 35.5. The molecule has 1 heterocycles. The quantitative estimate of drug-likeness (QED) is 0.823. The Balaban J connectivity index is 1.85. The highest BCUT2D eigenvalue weighted by atomic mass is 16.5. The number of nitrogens with zero attached hydrogens (tertiary/aromatic N) is 1. The van der Waals surface area contributed by atoms with Crippen molar-refractivity contribution in [1.82, 2.24) is 10.5 Å². The zero-order chi connectivity index (χ0) is 18.6. The summed E-state index contributed by atoms with van der Waals surface area (Å²) in [5.41, 5.74) is 3.06. The molecule has 1 aromatic heterocycles. The molecule has 2 N–H and O–H groups in total. The van der Waals surface area contributed by atoms with E-state index in [1.165, 1.54) is 0 Å². The van der Waals surface area contributed by atoms with E-state index in [2.05, 4.69) is 15.8 Å². The van der Waals surface area contributed by atoms with E-state index in [1.54, 1.807) is 19.9 Å². The third kappa shape index (κ3) is 4.66. The van der Waals surface area contributed by atoms with Crippen molar-refractivity contribution in [3.63, 3.8) is 0 Å². The summed E-state index contributed by atoms with van der Waals surface area (Å²) in [5.74, 6) is -1.18. The minimum atomic E-state index is -0.748. The number of carbonyl (C=O) groups excluding carboxylic acids is 3. The number of carbonyl (C=O) groups is 3. The van der Waals surface area contributed by atoms with Crippen LogP contribution in [-0.2, 0) is 9.53 Å². The Kier molecular flexibility index (Phi) is 5.53. The number of esters is 1. The molecule has 2 aromatic rings. The summed E-state index contributed by atoms with van der Waals surface area (Å²) >= 11 is 0. The fraction of sp³-hybridized carbons (Fsp3) is 0.294. The molecule has 0 bridgehead atoms. The van der Waals surface area contributed by atoms with Gasteiger partial charge in [-0.15, -0.1) is 0 Å². The van der Waals surface area contributed by atoms with Crippen molar-refractivity contribution in [1.29, 1.82) is 0 Å². The molecule has 0 spiro atoms. The number of nitrogens with one attached hydrogen (secondary N) is 2. The zero-order valence-electron chi connectivity index (χ0n) is 14.4. The second-order valence-corrected chi connectivity index (χ2v) is 5.60. The van der Waals surface area contributed by atoms with Crippen LogP contribution in [0.5, 0.6) is 0 Å². The number of aryl methyl sites for hydroxylation is 4. The van der Waals surface area contributed by atoms with E-state index in [-0.39, 0.29) is 5.56 Å². The third-order valence-electron chi connectivity index (χ3n) is 3.45. The molecule has 0 unspecified atom stereocenters. The lowest BCUT2D eigenvalue weighted by Crippen LogP contribution is -2.37. The molecule has 2 rings (SSSR count). The number of hydrogen-bond acceptors (Lipinski definition) is 6. The van der Waals surface area contributed by atoms with Crippen molar-refractivity contribution in [2.24, 2.45) is 0 Å². The Morgan fingerprint density at radius 2 is 1.88 bits per heavy atom. The number of amides is 3. The van der Waals surface area contributed by atoms with Crippen LogP contribution in [0.1, 0.15) is 32.9 Å². The summed E-state index contributed by atoms with van der Waals surface area (Å²) in [6, 6.07) is 4.79. The molecule has 0 saturated heterocycles. The van der Waals surface area contributed by atoms with Gasteiger partial charge in [0.05, 0.1) is 5.69 Å². The molecule has 8 nitrogen and oxygen atoms in total. The first-order valence-corrected chi connectivity index (χ1v) is 7.56. The fourth-order valence-electron chi connectivity index (χ4n) is 2.25. The van der Waals surface area contributed by atoms with Crippen molar-refractivity contribution >= 4 is 23.6 Å². The molecule has 0 saturated carbocycles. The average Bonchev–Trinajstić information content (AvgIpc) is 2.87. The normalized spacial score (nSPS) is 10.2. The first-order chi connectivity index (χ1) is 11.8. The zero-order valence-corrected chi connectivity index (χ0v) is 14.4. The van der Waals surface area contributed by atoms with Crippen LogP contribution in [0.15, 0.2) is 22.7 Å². The highest BCUT2D eigenvalue weighted by Gasteiger charge is 2.20. The minimum Gasteiger partial charge on any atom is -0.452 e. The third-order valence-corrected chi connectivity index (χ3v) is 3.45. The van der Waals surface area contributed by atoms with E-state index in [9.17, 15) is 14.4 Å². The lowest BCUT2D eigenvalue weighted by molar-refractivity contribution is -0.123. The highest BCUT2D eigenvalue weighted by molar-refractivity contribution is 6.02. The average molecular weight is 345 g/mol. The summed E-state index contributed by atoms with van der Waals surface area (Å²) in [5, 5.41) is 8.29. The van der Waals surface area contributed by atoms with Crippen LogP contribution in [0, 0.1) is 27.7 Å². The maximum absolute atomic E-state index is 11.9. The van der Waals surface area contributed by atoms with Crippen LogP contribution in [-0.4, -0.2) is 29.7 Å². The first-order valence-electron chi connectivity index (χ1n) is 7.56. The Morgan fingerprint density at radius 3 is 2.48 bits per heavy atom. The maximum atomic E-state index is 11.9. The van der Waals surface area contributed by atoms with E-state index in [1.807, 2.05) is 26.0 Å². The van der Waals surface area contributed by atoms with Crippen LogP contribution in [0.4, 0.5) is 10.5 Å². The number of rotatable bonds is 4. The van der Waals surface area contributed by atoms with Gasteiger partial charge in [0.15, 0.2) is 6.61 Å². The number of aromatic nitrogens is 1. The second kappa shape index (κ2) is 7.61. The lowest BCUT2D eigenvalue weighted by Gasteiger charge is -2.10. The van der Waals surface area contributed by atoms with Crippen LogP contribution in [0.2, 0.25) is 0 Å². The Labute approximate surface area is 144 Å². The van der Waals surface area contributed by atoms with Gasteiger partial charge < -0.3 is 14.6 Å². The fourth-order valence-corrected chi connectivity index (χ4v) is 2.25. The molecule has 25 heavy (non-hydrogen) atoms. The molecule has 0 aliphatic carbocycles. The van der Waals surface area contributed by atoms with Gasteiger partial charge in [0.2, 0.25) is 0 Å². The summed E-state index contributed by atoms with van der Waals surface area (Å²) in [6.45, 7) is 6.34.